The number of hydrogen-bond acceptors (Lipinski definition) is 3. The number of carboxylic acid groups (broad SMARTS) is 1. The monoisotopic (exact) mass is 272 g/mol. The Morgan fingerprint density at radius 2 is 1.80 bits per heavy atom. The minimum absolute atomic E-state index is 0.0300. The van der Waals surface area contributed by atoms with E-state index in [0.29, 0.717) is 5.56 Å². The van der Waals surface area contributed by atoms with Gasteiger partial charge in [-0.25, -0.2) is 9.78 Å². The molecule has 0 amide bonds. The highest BCUT2D eigenvalue weighted by atomic mass is 16.4. The minimum Gasteiger partial charge on any atom is -0.477 e. The lowest BCUT2D eigenvalue weighted by molar-refractivity contribution is 0.0690. The maximum atomic E-state index is 11.5. The smallest absolute Gasteiger partial charge is 0.354 e. The molecule has 1 heterocycles. The van der Waals surface area contributed by atoms with Gasteiger partial charge < -0.3 is 10.1 Å². The molecule has 0 radical (unpaired) electrons. The van der Waals surface area contributed by atoms with Crippen molar-refractivity contribution >= 4 is 5.97 Å². The second-order valence-electron chi connectivity index (χ2n) is 5.61. The number of aromatic amines is 1. The Morgan fingerprint density at radius 1 is 1.20 bits per heavy atom. The van der Waals surface area contributed by atoms with Crippen LogP contribution in [0.25, 0.3) is 11.4 Å². The molecule has 20 heavy (non-hydrogen) atoms. The quantitative estimate of drug-likeness (QED) is 0.879. The highest BCUT2D eigenvalue weighted by Gasteiger charge is 2.14. The first-order chi connectivity index (χ1) is 9.27. The molecular weight excluding hydrogens is 256 g/mol. The van der Waals surface area contributed by atoms with E-state index in [-0.39, 0.29) is 16.9 Å². The van der Waals surface area contributed by atoms with Crippen molar-refractivity contribution in [2.75, 3.05) is 0 Å². The largest absolute Gasteiger partial charge is 0.477 e. The normalized spacial score (nSPS) is 11.3. The SMILES string of the molecule is CC(C)(C)c1ccc(-c2nc(C(=O)O)cc(=O)[nH]2)cc1. The van der Waals surface area contributed by atoms with Crippen LogP contribution in [0.2, 0.25) is 0 Å². The van der Waals surface area contributed by atoms with E-state index >= 15 is 0 Å². The second kappa shape index (κ2) is 4.92. The predicted molar refractivity (Wildman–Crippen MR) is 76.0 cm³/mol. The van der Waals surface area contributed by atoms with Crippen LogP contribution in [0.5, 0.6) is 0 Å². The number of carbonyl (C=O) groups is 1. The van der Waals surface area contributed by atoms with E-state index in [1.807, 2.05) is 24.3 Å². The van der Waals surface area contributed by atoms with E-state index in [2.05, 4.69) is 30.7 Å². The number of carboxylic acids is 1. The van der Waals surface area contributed by atoms with Gasteiger partial charge >= 0.3 is 5.97 Å². The van der Waals surface area contributed by atoms with Crippen molar-refractivity contribution in [3.63, 3.8) is 0 Å². The van der Waals surface area contributed by atoms with E-state index in [1.54, 1.807) is 0 Å². The van der Waals surface area contributed by atoms with Crippen molar-refractivity contribution in [3.8, 4) is 11.4 Å². The molecule has 0 saturated carbocycles. The average Bonchev–Trinajstić information content (AvgIpc) is 2.37. The van der Waals surface area contributed by atoms with Gasteiger partial charge in [-0.3, -0.25) is 4.79 Å². The summed E-state index contributed by atoms with van der Waals surface area (Å²) in [5.41, 5.74) is 1.12. The third-order valence-electron chi connectivity index (χ3n) is 2.99. The summed E-state index contributed by atoms with van der Waals surface area (Å²) < 4.78 is 0. The maximum absolute atomic E-state index is 11.5. The molecule has 0 bridgehead atoms. The van der Waals surface area contributed by atoms with Gasteiger partial charge in [0.25, 0.3) is 5.56 Å². The van der Waals surface area contributed by atoms with Crippen LogP contribution in [0.4, 0.5) is 0 Å². The van der Waals surface area contributed by atoms with Gasteiger partial charge in [-0.05, 0) is 11.0 Å². The molecule has 0 aliphatic rings. The first-order valence-corrected chi connectivity index (χ1v) is 6.23. The summed E-state index contributed by atoms with van der Waals surface area (Å²) in [6.45, 7) is 6.31. The molecule has 0 aliphatic carbocycles. The number of aromatic carboxylic acids is 1. The summed E-state index contributed by atoms with van der Waals surface area (Å²) in [6, 6.07) is 8.51. The number of aromatic nitrogens is 2. The third kappa shape index (κ3) is 2.93. The lowest BCUT2D eigenvalue weighted by Crippen LogP contribution is -2.14. The van der Waals surface area contributed by atoms with Crippen LogP contribution in [-0.4, -0.2) is 21.0 Å². The summed E-state index contributed by atoms with van der Waals surface area (Å²) in [7, 11) is 0. The molecule has 2 aromatic rings. The predicted octanol–water partition coefficient (Wildman–Crippen LogP) is 2.43. The summed E-state index contributed by atoms with van der Waals surface area (Å²) in [6.07, 6.45) is 0. The van der Waals surface area contributed by atoms with Gasteiger partial charge in [0.15, 0.2) is 5.69 Å². The fourth-order valence-corrected chi connectivity index (χ4v) is 1.83. The Bertz CT molecular complexity index is 694. The van der Waals surface area contributed by atoms with E-state index in [9.17, 15) is 9.59 Å². The Hall–Kier alpha value is -2.43. The van der Waals surface area contributed by atoms with Crippen molar-refractivity contribution in [3.05, 3.63) is 51.9 Å². The Kier molecular flexibility index (Phi) is 3.44. The van der Waals surface area contributed by atoms with Crippen LogP contribution in [0.1, 0.15) is 36.8 Å². The first kappa shape index (κ1) is 14.0. The van der Waals surface area contributed by atoms with Gasteiger partial charge in [0.05, 0.1) is 0 Å². The molecule has 5 nitrogen and oxygen atoms in total. The summed E-state index contributed by atoms with van der Waals surface area (Å²) >= 11 is 0. The van der Waals surface area contributed by atoms with Crippen molar-refractivity contribution < 1.29 is 9.90 Å². The molecule has 0 fully saturated rings. The standard InChI is InChI=1S/C15H16N2O3/c1-15(2,3)10-6-4-9(5-7-10)13-16-11(14(19)20)8-12(18)17-13/h4-8H,1-3H3,(H,19,20)(H,16,17,18). The molecule has 1 aromatic carbocycles. The highest BCUT2D eigenvalue weighted by molar-refractivity contribution is 5.85. The van der Waals surface area contributed by atoms with Gasteiger partial charge in [-0.2, -0.15) is 0 Å². The molecule has 0 atom stereocenters. The van der Waals surface area contributed by atoms with Gasteiger partial charge in [-0.15, -0.1) is 0 Å². The van der Waals surface area contributed by atoms with Gasteiger partial charge in [0, 0.05) is 11.6 Å². The molecule has 2 N–H and O–H groups in total. The fourth-order valence-electron chi connectivity index (χ4n) is 1.83. The Morgan fingerprint density at radius 3 is 2.30 bits per heavy atom. The van der Waals surface area contributed by atoms with Crippen molar-refractivity contribution in [2.45, 2.75) is 26.2 Å². The molecule has 5 heteroatoms. The molecule has 0 unspecified atom stereocenters. The molecule has 104 valence electrons. The molecule has 0 spiro atoms. The molecular formula is C15H16N2O3. The number of rotatable bonds is 2. The Balaban J connectivity index is 2.47. The second-order valence-corrected chi connectivity index (χ2v) is 5.61. The number of nitrogens with zero attached hydrogens (tertiary/aromatic N) is 1. The number of nitrogens with one attached hydrogen (secondary N) is 1. The Labute approximate surface area is 116 Å². The van der Waals surface area contributed by atoms with Crippen LogP contribution in [0, 0.1) is 0 Å². The zero-order valence-corrected chi connectivity index (χ0v) is 11.6. The highest BCUT2D eigenvalue weighted by Crippen LogP contribution is 2.24. The topological polar surface area (TPSA) is 83.0 Å². The van der Waals surface area contributed by atoms with Crippen molar-refractivity contribution in [2.24, 2.45) is 0 Å². The van der Waals surface area contributed by atoms with E-state index in [1.165, 1.54) is 0 Å². The summed E-state index contributed by atoms with van der Waals surface area (Å²) in [5, 5.41) is 8.92. The van der Waals surface area contributed by atoms with E-state index < -0.39 is 11.5 Å². The summed E-state index contributed by atoms with van der Waals surface area (Å²) in [4.78, 5) is 28.9. The number of H-pyrrole nitrogens is 1. The molecule has 0 saturated heterocycles. The van der Waals surface area contributed by atoms with Gasteiger partial charge in [0.1, 0.15) is 5.82 Å². The zero-order valence-electron chi connectivity index (χ0n) is 11.6. The van der Waals surface area contributed by atoms with Crippen molar-refractivity contribution in [1.82, 2.24) is 9.97 Å². The average molecular weight is 272 g/mol. The lowest BCUT2D eigenvalue weighted by Gasteiger charge is -2.19. The first-order valence-electron chi connectivity index (χ1n) is 6.23. The van der Waals surface area contributed by atoms with Crippen LogP contribution in [0.15, 0.2) is 35.1 Å². The third-order valence-corrected chi connectivity index (χ3v) is 2.99. The van der Waals surface area contributed by atoms with E-state index in [0.717, 1.165) is 11.6 Å². The van der Waals surface area contributed by atoms with Gasteiger partial charge in [0.2, 0.25) is 0 Å². The summed E-state index contributed by atoms with van der Waals surface area (Å²) in [5.74, 6) is -0.959. The zero-order chi connectivity index (χ0) is 14.9. The van der Waals surface area contributed by atoms with Crippen LogP contribution < -0.4 is 5.56 Å². The minimum atomic E-state index is -1.22. The number of hydrogen-bond donors (Lipinski definition) is 2. The van der Waals surface area contributed by atoms with Crippen molar-refractivity contribution in [1.29, 1.82) is 0 Å². The molecule has 1 aromatic heterocycles. The molecule has 2 rings (SSSR count). The lowest BCUT2D eigenvalue weighted by atomic mass is 9.87. The van der Waals surface area contributed by atoms with Crippen LogP contribution >= 0.6 is 0 Å². The maximum Gasteiger partial charge on any atom is 0.354 e. The van der Waals surface area contributed by atoms with Crippen LogP contribution in [-0.2, 0) is 5.41 Å². The van der Waals surface area contributed by atoms with Gasteiger partial charge in [-0.1, -0.05) is 45.0 Å². The molecule has 0 aliphatic heterocycles. The van der Waals surface area contributed by atoms with Crippen LogP contribution in [0.3, 0.4) is 0 Å². The number of benzene rings is 1. The fraction of sp³-hybridized carbons (Fsp3) is 0.267. The van der Waals surface area contributed by atoms with E-state index in [4.69, 9.17) is 5.11 Å².